The zero-order valence-corrected chi connectivity index (χ0v) is 13.0. The largest absolute Gasteiger partial charge is 0.460 e. The summed E-state index contributed by atoms with van der Waals surface area (Å²) in [6, 6.07) is 0. The molecule has 1 aliphatic carbocycles. The summed E-state index contributed by atoms with van der Waals surface area (Å²) in [5, 5.41) is 11.1. The van der Waals surface area contributed by atoms with Crippen LogP contribution in [-0.2, 0) is 9.53 Å². The number of hydrogen-bond donors (Lipinski definition) is 1. The minimum absolute atomic E-state index is 0.0357. The number of ether oxygens (including phenoxy) is 1. The van der Waals surface area contributed by atoms with Crippen LogP contribution >= 0.6 is 0 Å². The second-order valence-corrected chi connectivity index (χ2v) is 7.10. The molecule has 0 aromatic carbocycles. The molecule has 1 N–H and O–H groups in total. The maximum absolute atomic E-state index is 12.1. The summed E-state index contributed by atoms with van der Waals surface area (Å²) in [6.07, 6.45) is 4.68. The highest BCUT2D eigenvalue weighted by Crippen LogP contribution is 2.50. The Morgan fingerprint density at radius 3 is 2.58 bits per heavy atom. The Morgan fingerprint density at radius 2 is 2.11 bits per heavy atom. The van der Waals surface area contributed by atoms with E-state index < -0.39 is 16.6 Å². The SMILES string of the molecule is C=C[C@@]1(C)CCC[C@@H](C)[C@]1(O)CC(=O)OC(C)(C)C. The molecule has 0 heterocycles. The molecule has 3 atom stereocenters. The van der Waals surface area contributed by atoms with Gasteiger partial charge in [-0.05, 0) is 39.5 Å². The van der Waals surface area contributed by atoms with Crippen molar-refractivity contribution in [3.8, 4) is 0 Å². The molecule has 1 rings (SSSR count). The van der Waals surface area contributed by atoms with Crippen LogP contribution in [0.1, 0.15) is 60.3 Å². The maximum Gasteiger partial charge on any atom is 0.309 e. The lowest BCUT2D eigenvalue weighted by atomic mass is 9.58. The van der Waals surface area contributed by atoms with Gasteiger partial charge < -0.3 is 9.84 Å². The molecule has 0 aromatic heterocycles. The van der Waals surface area contributed by atoms with E-state index in [2.05, 4.69) is 6.58 Å². The molecule has 0 radical (unpaired) electrons. The van der Waals surface area contributed by atoms with Gasteiger partial charge in [0.2, 0.25) is 0 Å². The van der Waals surface area contributed by atoms with E-state index in [9.17, 15) is 9.90 Å². The van der Waals surface area contributed by atoms with Crippen molar-refractivity contribution in [2.75, 3.05) is 0 Å². The number of carbonyl (C=O) groups excluding carboxylic acids is 1. The summed E-state index contributed by atoms with van der Waals surface area (Å²) >= 11 is 0. The summed E-state index contributed by atoms with van der Waals surface area (Å²) in [5.41, 5.74) is -2.01. The zero-order chi connectivity index (χ0) is 14.9. The summed E-state index contributed by atoms with van der Waals surface area (Å²) in [6.45, 7) is 13.4. The molecule has 3 nitrogen and oxygen atoms in total. The molecule has 1 saturated carbocycles. The van der Waals surface area contributed by atoms with Crippen molar-refractivity contribution in [2.24, 2.45) is 11.3 Å². The van der Waals surface area contributed by atoms with Crippen molar-refractivity contribution in [3.63, 3.8) is 0 Å². The maximum atomic E-state index is 12.1. The number of esters is 1. The van der Waals surface area contributed by atoms with Crippen LogP contribution in [0.25, 0.3) is 0 Å². The smallest absolute Gasteiger partial charge is 0.309 e. The van der Waals surface area contributed by atoms with Gasteiger partial charge in [-0.1, -0.05) is 26.3 Å². The lowest BCUT2D eigenvalue weighted by Gasteiger charge is -2.50. The molecule has 19 heavy (non-hydrogen) atoms. The van der Waals surface area contributed by atoms with Crippen LogP contribution < -0.4 is 0 Å². The Balaban J connectivity index is 2.92. The summed E-state index contributed by atoms with van der Waals surface area (Å²) < 4.78 is 5.36. The molecule has 110 valence electrons. The van der Waals surface area contributed by atoms with Gasteiger partial charge in [0.1, 0.15) is 5.60 Å². The van der Waals surface area contributed by atoms with Crippen LogP contribution in [0.2, 0.25) is 0 Å². The molecule has 3 heteroatoms. The summed E-state index contributed by atoms with van der Waals surface area (Å²) in [4.78, 5) is 12.1. The van der Waals surface area contributed by atoms with Crippen molar-refractivity contribution in [1.29, 1.82) is 0 Å². The number of carbonyl (C=O) groups is 1. The first-order valence-electron chi connectivity index (χ1n) is 7.12. The second-order valence-electron chi connectivity index (χ2n) is 7.10. The van der Waals surface area contributed by atoms with Crippen molar-refractivity contribution in [2.45, 2.75) is 71.5 Å². The minimum Gasteiger partial charge on any atom is -0.460 e. The molecule has 0 amide bonds. The average molecular weight is 268 g/mol. The van der Waals surface area contributed by atoms with E-state index in [0.717, 1.165) is 19.3 Å². The van der Waals surface area contributed by atoms with Crippen LogP contribution in [0, 0.1) is 11.3 Å². The van der Waals surface area contributed by atoms with Crippen LogP contribution in [-0.4, -0.2) is 22.3 Å². The molecular formula is C16H28O3. The van der Waals surface area contributed by atoms with Crippen molar-refractivity contribution < 1.29 is 14.6 Å². The molecule has 0 aromatic rings. The number of rotatable bonds is 3. The quantitative estimate of drug-likeness (QED) is 0.630. The summed E-state index contributed by atoms with van der Waals surface area (Å²) in [7, 11) is 0. The first-order valence-corrected chi connectivity index (χ1v) is 7.12. The third-order valence-corrected chi connectivity index (χ3v) is 4.42. The van der Waals surface area contributed by atoms with E-state index in [-0.39, 0.29) is 18.3 Å². The van der Waals surface area contributed by atoms with E-state index in [1.807, 2.05) is 34.6 Å². The topological polar surface area (TPSA) is 46.5 Å². The number of aliphatic hydroxyl groups is 1. The molecule has 1 aliphatic rings. The monoisotopic (exact) mass is 268 g/mol. The molecule has 0 saturated heterocycles. The van der Waals surface area contributed by atoms with Gasteiger partial charge in [0.15, 0.2) is 0 Å². The van der Waals surface area contributed by atoms with Crippen LogP contribution in [0.3, 0.4) is 0 Å². The third kappa shape index (κ3) is 3.38. The van der Waals surface area contributed by atoms with Crippen LogP contribution in [0.15, 0.2) is 12.7 Å². The zero-order valence-electron chi connectivity index (χ0n) is 13.0. The van der Waals surface area contributed by atoms with Gasteiger partial charge in [-0.15, -0.1) is 6.58 Å². The Morgan fingerprint density at radius 1 is 1.53 bits per heavy atom. The van der Waals surface area contributed by atoms with Gasteiger partial charge in [-0.3, -0.25) is 4.79 Å². The van der Waals surface area contributed by atoms with E-state index in [4.69, 9.17) is 4.74 Å². The highest BCUT2D eigenvalue weighted by atomic mass is 16.6. The van der Waals surface area contributed by atoms with Gasteiger partial charge in [0, 0.05) is 5.41 Å². The lowest BCUT2D eigenvalue weighted by Crippen LogP contribution is -2.54. The Bertz CT molecular complexity index is 355. The van der Waals surface area contributed by atoms with E-state index in [1.54, 1.807) is 6.08 Å². The molecule has 0 spiro atoms. The van der Waals surface area contributed by atoms with Gasteiger partial charge in [0.05, 0.1) is 12.0 Å². The third-order valence-electron chi connectivity index (χ3n) is 4.42. The van der Waals surface area contributed by atoms with Gasteiger partial charge in [-0.25, -0.2) is 0 Å². The Labute approximate surface area is 117 Å². The van der Waals surface area contributed by atoms with E-state index in [0.29, 0.717) is 0 Å². The molecule has 0 unspecified atom stereocenters. The lowest BCUT2D eigenvalue weighted by molar-refractivity contribution is -0.175. The van der Waals surface area contributed by atoms with E-state index >= 15 is 0 Å². The first kappa shape index (κ1) is 16.2. The fourth-order valence-corrected chi connectivity index (χ4v) is 3.05. The van der Waals surface area contributed by atoms with Crippen molar-refractivity contribution in [1.82, 2.24) is 0 Å². The van der Waals surface area contributed by atoms with Crippen molar-refractivity contribution >= 4 is 5.97 Å². The average Bonchev–Trinajstić information content (AvgIpc) is 2.23. The molecule has 1 fully saturated rings. The molecular weight excluding hydrogens is 240 g/mol. The van der Waals surface area contributed by atoms with Crippen LogP contribution in [0.4, 0.5) is 0 Å². The standard InChI is InChI=1S/C16H28O3/c1-7-15(6)10-8-9-12(2)16(15,18)11-13(17)19-14(3,4)5/h7,12,18H,1,8-11H2,2-6H3/t12-,15+,16-/m1/s1. The molecule has 0 bridgehead atoms. The Hall–Kier alpha value is -0.830. The predicted molar refractivity (Wildman–Crippen MR) is 76.7 cm³/mol. The van der Waals surface area contributed by atoms with Gasteiger partial charge in [-0.2, -0.15) is 0 Å². The predicted octanol–water partition coefficient (Wildman–Crippen LogP) is 3.46. The normalized spacial score (nSPS) is 35.8. The highest BCUT2D eigenvalue weighted by molar-refractivity contribution is 5.71. The fourth-order valence-electron chi connectivity index (χ4n) is 3.05. The second kappa shape index (κ2) is 5.28. The van der Waals surface area contributed by atoms with Crippen molar-refractivity contribution in [3.05, 3.63) is 12.7 Å². The van der Waals surface area contributed by atoms with Gasteiger partial charge >= 0.3 is 5.97 Å². The highest BCUT2D eigenvalue weighted by Gasteiger charge is 2.52. The first-order chi connectivity index (χ1) is 8.54. The fraction of sp³-hybridized carbons (Fsp3) is 0.812. The van der Waals surface area contributed by atoms with Crippen LogP contribution in [0.5, 0.6) is 0 Å². The number of hydrogen-bond acceptors (Lipinski definition) is 3. The molecule has 0 aliphatic heterocycles. The summed E-state index contributed by atoms with van der Waals surface area (Å²) in [5.74, 6) is -0.270. The van der Waals surface area contributed by atoms with E-state index in [1.165, 1.54) is 0 Å². The minimum atomic E-state index is -1.06. The van der Waals surface area contributed by atoms with Gasteiger partial charge in [0.25, 0.3) is 0 Å². The Kier molecular flexibility index (Phi) is 4.51.